The predicted octanol–water partition coefficient (Wildman–Crippen LogP) is 4.11. The Bertz CT molecular complexity index is 973. The molecule has 4 rings (SSSR count). The third kappa shape index (κ3) is 3.72. The van der Waals surface area contributed by atoms with Crippen LogP contribution in [0.2, 0.25) is 0 Å². The van der Waals surface area contributed by atoms with E-state index in [0.717, 1.165) is 18.8 Å². The highest BCUT2D eigenvalue weighted by atomic mass is 19.1. The third-order valence-corrected chi connectivity index (χ3v) is 4.61. The molecule has 4 nitrogen and oxygen atoms in total. The minimum atomic E-state index is -0.383. The molecular weight excluding hydrogens is 341 g/mol. The highest BCUT2D eigenvalue weighted by Crippen LogP contribution is 2.28. The summed E-state index contributed by atoms with van der Waals surface area (Å²) < 4.78 is 13.5. The fraction of sp³-hybridized carbons (Fsp3) is 0.0909. The lowest BCUT2D eigenvalue weighted by atomic mass is 10.1. The molecule has 0 radical (unpaired) electrons. The second-order valence-electron chi connectivity index (χ2n) is 6.39. The average molecular weight is 359 g/mol. The van der Waals surface area contributed by atoms with Crippen LogP contribution in [0.1, 0.15) is 27.0 Å². The van der Waals surface area contributed by atoms with Gasteiger partial charge in [-0.3, -0.25) is 4.79 Å². The van der Waals surface area contributed by atoms with Gasteiger partial charge in [0.2, 0.25) is 0 Å². The topological polar surface area (TPSA) is 44.7 Å². The van der Waals surface area contributed by atoms with Crippen molar-refractivity contribution in [3.8, 4) is 0 Å². The zero-order chi connectivity index (χ0) is 18.6. The van der Waals surface area contributed by atoms with Crippen LogP contribution < -0.4 is 10.3 Å². The summed E-state index contributed by atoms with van der Waals surface area (Å²) in [4.78, 5) is 14.5. The van der Waals surface area contributed by atoms with Gasteiger partial charge in [-0.05, 0) is 41.5 Å². The first-order valence-corrected chi connectivity index (χ1v) is 8.70. The van der Waals surface area contributed by atoms with Crippen molar-refractivity contribution < 1.29 is 9.18 Å². The summed E-state index contributed by atoms with van der Waals surface area (Å²) in [5.41, 5.74) is 6.99. The normalized spacial score (nSPS) is 13.0. The summed E-state index contributed by atoms with van der Waals surface area (Å²) in [6.07, 6.45) is 1.29. The lowest BCUT2D eigenvalue weighted by Crippen LogP contribution is -2.18. The molecule has 1 heterocycles. The number of rotatable bonds is 4. The summed E-state index contributed by atoms with van der Waals surface area (Å²) in [7, 11) is 0. The van der Waals surface area contributed by atoms with Crippen LogP contribution in [0.15, 0.2) is 77.9 Å². The lowest BCUT2D eigenvalue weighted by molar-refractivity contribution is 0.0955. The van der Waals surface area contributed by atoms with Gasteiger partial charge in [0.1, 0.15) is 5.82 Å². The quantitative estimate of drug-likeness (QED) is 0.563. The van der Waals surface area contributed by atoms with Crippen molar-refractivity contribution in [2.45, 2.75) is 13.1 Å². The summed E-state index contributed by atoms with van der Waals surface area (Å²) in [5, 5.41) is 3.83. The number of halogens is 1. The number of hydrogen-bond donors (Lipinski definition) is 1. The van der Waals surface area contributed by atoms with Gasteiger partial charge in [-0.1, -0.05) is 42.5 Å². The molecule has 0 fully saturated rings. The Labute approximate surface area is 157 Å². The van der Waals surface area contributed by atoms with Crippen LogP contribution in [0, 0.1) is 5.82 Å². The third-order valence-electron chi connectivity index (χ3n) is 4.61. The van der Waals surface area contributed by atoms with Gasteiger partial charge in [0.25, 0.3) is 5.91 Å². The first kappa shape index (κ1) is 17.0. The molecule has 27 heavy (non-hydrogen) atoms. The first-order chi connectivity index (χ1) is 13.2. The minimum Gasteiger partial charge on any atom is -0.363 e. The van der Waals surface area contributed by atoms with Crippen molar-refractivity contribution in [2.24, 2.45) is 5.10 Å². The van der Waals surface area contributed by atoms with Crippen LogP contribution in [-0.2, 0) is 13.1 Å². The number of amides is 1. The number of fused-ring (bicyclic) bond motifs is 1. The van der Waals surface area contributed by atoms with Gasteiger partial charge in [-0.15, -0.1) is 0 Å². The van der Waals surface area contributed by atoms with Crippen molar-refractivity contribution in [3.05, 3.63) is 101 Å². The number of nitrogens with one attached hydrogen (secondary N) is 1. The van der Waals surface area contributed by atoms with Crippen molar-refractivity contribution in [3.63, 3.8) is 0 Å². The highest BCUT2D eigenvalue weighted by molar-refractivity contribution is 5.95. The average Bonchev–Trinajstić information content (AvgIpc) is 3.14. The summed E-state index contributed by atoms with van der Waals surface area (Å²) in [6, 6.07) is 22.0. The van der Waals surface area contributed by atoms with Gasteiger partial charge in [-0.2, -0.15) is 5.10 Å². The van der Waals surface area contributed by atoms with E-state index in [1.807, 2.05) is 12.1 Å². The smallest absolute Gasteiger partial charge is 0.271 e. The maximum Gasteiger partial charge on any atom is 0.271 e. The van der Waals surface area contributed by atoms with E-state index in [4.69, 9.17) is 0 Å². The second kappa shape index (κ2) is 7.41. The Morgan fingerprint density at radius 1 is 0.926 bits per heavy atom. The molecule has 0 bridgehead atoms. The Morgan fingerprint density at radius 2 is 1.56 bits per heavy atom. The number of benzene rings is 3. The van der Waals surface area contributed by atoms with E-state index in [-0.39, 0.29) is 11.7 Å². The number of carbonyl (C=O) groups excluding carboxylic acids is 1. The minimum absolute atomic E-state index is 0.321. The standard InChI is InChI=1S/C22H18FN3O/c23-21-8-4-3-5-17(21)13-24-25-22(27)16-9-11-20(12-10-16)26-14-18-6-1-2-7-19(18)15-26/h1-13H,14-15H2,(H,25,27)/b24-13+. The molecule has 0 atom stereocenters. The second-order valence-corrected chi connectivity index (χ2v) is 6.39. The fourth-order valence-electron chi connectivity index (χ4n) is 3.14. The molecule has 0 aromatic heterocycles. The van der Waals surface area contributed by atoms with Crippen molar-refractivity contribution in [1.82, 2.24) is 5.43 Å². The highest BCUT2D eigenvalue weighted by Gasteiger charge is 2.18. The van der Waals surface area contributed by atoms with Gasteiger partial charge >= 0.3 is 0 Å². The summed E-state index contributed by atoms with van der Waals surface area (Å²) in [5.74, 6) is -0.717. The van der Waals surface area contributed by atoms with E-state index in [2.05, 4.69) is 39.7 Å². The SMILES string of the molecule is O=C(N/N=C/c1ccccc1F)c1ccc(N2Cc3ccccc3C2)cc1. The zero-order valence-electron chi connectivity index (χ0n) is 14.6. The molecule has 5 heteroatoms. The largest absolute Gasteiger partial charge is 0.363 e. The van der Waals surface area contributed by atoms with Crippen LogP contribution >= 0.6 is 0 Å². The van der Waals surface area contributed by atoms with Gasteiger partial charge in [0.05, 0.1) is 6.21 Å². The molecule has 134 valence electrons. The van der Waals surface area contributed by atoms with Crippen LogP contribution in [0.4, 0.5) is 10.1 Å². The van der Waals surface area contributed by atoms with E-state index in [1.54, 1.807) is 30.3 Å². The lowest BCUT2D eigenvalue weighted by Gasteiger charge is -2.17. The monoisotopic (exact) mass is 359 g/mol. The molecule has 0 spiro atoms. The van der Waals surface area contributed by atoms with Crippen LogP contribution in [0.3, 0.4) is 0 Å². The zero-order valence-corrected chi connectivity index (χ0v) is 14.6. The molecule has 0 unspecified atom stereocenters. The van der Waals surface area contributed by atoms with Gasteiger partial charge in [0.15, 0.2) is 0 Å². The molecular formula is C22H18FN3O. The maximum absolute atomic E-state index is 13.5. The van der Waals surface area contributed by atoms with E-state index < -0.39 is 0 Å². The molecule has 1 aliphatic rings. The summed E-state index contributed by atoms with van der Waals surface area (Å²) in [6.45, 7) is 1.74. The van der Waals surface area contributed by atoms with E-state index >= 15 is 0 Å². The number of anilines is 1. The summed E-state index contributed by atoms with van der Waals surface area (Å²) >= 11 is 0. The van der Waals surface area contributed by atoms with Crippen LogP contribution in [0.5, 0.6) is 0 Å². The Kier molecular flexibility index (Phi) is 4.66. The van der Waals surface area contributed by atoms with Gasteiger partial charge in [0, 0.05) is 29.9 Å². The molecule has 0 aliphatic carbocycles. The number of nitrogens with zero attached hydrogens (tertiary/aromatic N) is 2. The molecule has 1 amide bonds. The molecule has 3 aromatic carbocycles. The predicted molar refractivity (Wildman–Crippen MR) is 104 cm³/mol. The van der Waals surface area contributed by atoms with E-state index in [9.17, 15) is 9.18 Å². The van der Waals surface area contributed by atoms with E-state index in [0.29, 0.717) is 11.1 Å². The molecule has 1 N–H and O–H groups in total. The maximum atomic E-state index is 13.5. The van der Waals surface area contributed by atoms with E-state index in [1.165, 1.54) is 23.4 Å². The number of hydrazone groups is 1. The number of hydrogen-bond acceptors (Lipinski definition) is 3. The molecule has 0 saturated heterocycles. The first-order valence-electron chi connectivity index (χ1n) is 8.70. The van der Waals surface area contributed by atoms with Crippen molar-refractivity contribution in [1.29, 1.82) is 0 Å². The van der Waals surface area contributed by atoms with Crippen molar-refractivity contribution >= 4 is 17.8 Å². The fourth-order valence-corrected chi connectivity index (χ4v) is 3.14. The Balaban J connectivity index is 1.39. The van der Waals surface area contributed by atoms with Crippen molar-refractivity contribution in [2.75, 3.05) is 4.90 Å². The molecule has 1 aliphatic heterocycles. The van der Waals surface area contributed by atoms with Crippen LogP contribution in [-0.4, -0.2) is 12.1 Å². The Morgan fingerprint density at radius 3 is 2.22 bits per heavy atom. The number of carbonyl (C=O) groups is 1. The molecule has 0 saturated carbocycles. The Hall–Kier alpha value is -3.47. The van der Waals surface area contributed by atoms with Gasteiger partial charge in [-0.25, -0.2) is 9.82 Å². The van der Waals surface area contributed by atoms with Gasteiger partial charge < -0.3 is 4.90 Å². The molecule has 3 aromatic rings. The van der Waals surface area contributed by atoms with Crippen LogP contribution in [0.25, 0.3) is 0 Å².